The van der Waals surface area contributed by atoms with Gasteiger partial charge in [-0.2, -0.15) is 4.98 Å². The first-order valence-corrected chi connectivity index (χ1v) is 9.11. The summed E-state index contributed by atoms with van der Waals surface area (Å²) in [5, 5.41) is 9.63. The first-order chi connectivity index (χ1) is 11.8. The molecule has 0 aliphatic carbocycles. The van der Waals surface area contributed by atoms with Gasteiger partial charge in [-0.1, -0.05) is 5.16 Å². The summed E-state index contributed by atoms with van der Waals surface area (Å²) in [5.41, 5.74) is 2.22. The number of nitrogens with zero attached hydrogens (tertiary/aromatic N) is 3. The lowest BCUT2D eigenvalue weighted by Crippen LogP contribution is -2.32. The Morgan fingerprint density at radius 2 is 2.25 bits per heavy atom. The van der Waals surface area contributed by atoms with E-state index < -0.39 is 0 Å². The van der Waals surface area contributed by atoms with Gasteiger partial charge in [-0.3, -0.25) is 4.98 Å². The van der Waals surface area contributed by atoms with Crippen LogP contribution in [0.1, 0.15) is 36.2 Å². The molecule has 0 spiro atoms. The van der Waals surface area contributed by atoms with Crippen LogP contribution in [-0.4, -0.2) is 28.3 Å². The third kappa shape index (κ3) is 3.33. The monoisotopic (exact) mass is 344 g/mol. The molecule has 1 atom stereocenters. The maximum atomic E-state index is 5.49. The number of hydrogen-bond donors (Lipinski definition) is 1. The molecule has 1 saturated heterocycles. The minimum absolute atomic E-state index is 0.0501. The van der Waals surface area contributed by atoms with Crippen LogP contribution in [0, 0.1) is 12.8 Å². The number of nitrogens with one attached hydrogen (secondary N) is 1. The van der Waals surface area contributed by atoms with Gasteiger partial charge in [-0.25, -0.2) is 0 Å². The summed E-state index contributed by atoms with van der Waals surface area (Å²) in [6.07, 6.45) is 3.94. The third-order valence-corrected chi connectivity index (χ3v) is 5.29. The van der Waals surface area contributed by atoms with Gasteiger partial charge in [-0.15, -0.1) is 11.3 Å². The maximum Gasteiger partial charge on any atom is 0.244 e. The van der Waals surface area contributed by atoms with Gasteiger partial charge < -0.3 is 14.6 Å². The predicted molar refractivity (Wildman–Crippen MR) is 91.8 cm³/mol. The first-order valence-electron chi connectivity index (χ1n) is 8.23. The van der Waals surface area contributed by atoms with Gasteiger partial charge in [0.15, 0.2) is 5.82 Å². The molecule has 0 radical (unpaired) electrons. The standard InChI is InChI=1S/C17H20N4O2S/c1-11-20-17(23-21-11)16(13-2-5-22-6-3-13)19-10-12-8-15-14(18-9-12)4-7-24-15/h4,7-9,13,16,19H,2-3,5-6,10H2,1H3/t16-/m1/s1. The molecule has 7 heteroatoms. The van der Waals surface area contributed by atoms with Crippen LogP contribution in [0.15, 0.2) is 28.2 Å². The molecule has 0 saturated carbocycles. The number of pyridine rings is 1. The van der Waals surface area contributed by atoms with Crippen molar-refractivity contribution in [2.45, 2.75) is 32.4 Å². The van der Waals surface area contributed by atoms with Crippen LogP contribution in [0.25, 0.3) is 10.2 Å². The summed E-state index contributed by atoms with van der Waals surface area (Å²) in [4.78, 5) is 8.95. The normalized spacial score (nSPS) is 17.4. The molecule has 0 amide bonds. The predicted octanol–water partition coefficient (Wildman–Crippen LogP) is 3.25. The van der Waals surface area contributed by atoms with E-state index in [1.807, 2.05) is 19.2 Å². The second kappa shape index (κ2) is 6.96. The zero-order chi connectivity index (χ0) is 16.4. The Hall–Kier alpha value is -1.83. The van der Waals surface area contributed by atoms with E-state index in [1.54, 1.807) is 11.3 Å². The molecule has 0 bridgehead atoms. The molecule has 6 nitrogen and oxygen atoms in total. The summed E-state index contributed by atoms with van der Waals surface area (Å²) in [6.45, 7) is 4.16. The summed E-state index contributed by atoms with van der Waals surface area (Å²) in [7, 11) is 0. The van der Waals surface area contributed by atoms with Gasteiger partial charge in [-0.05, 0) is 48.8 Å². The van der Waals surface area contributed by atoms with Crippen molar-refractivity contribution in [2.75, 3.05) is 13.2 Å². The SMILES string of the molecule is Cc1noc([C@H](NCc2cnc3ccsc3c2)C2CCOCC2)n1. The molecule has 1 fully saturated rings. The number of hydrogen-bond acceptors (Lipinski definition) is 7. The average molecular weight is 344 g/mol. The zero-order valence-electron chi connectivity index (χ0n) is 13.6. The van der Waals surface area contributed by atoms with Crippen LogP contribution in [0.2, 0.25) is 0 Å². The average Bonchev–Trinajstić information content (AvgIpc) is 3.24. The Kier molecular flexibility index (Phi) is 4.55. The Morgan fingerprint density at radius 1 is 1.38 bits per heavy atom. The van der Waals surface area contributed by atoms with Crippen molar-refractivity contribution in [3.63, 3.8) is 0 Å². The molecule has 126 valence electrons. The van der Waals surface area contributed by atoms with E-state index in [0.29, 0.717) is 17.6 Å². The Labute approximate surface area is 144 Å². The first kappa shape index (κ1) is 15.7. The van der Waals surface area contributed by atoms with Crippen molar-refractivity contribution in [2.24, 2.45) is 5.92 Å². The van der Waals surface area contributed by atoms with Gasteiger partial charge in [0, 0.05) is 26.0 Å². The third-order valence-electron chi connectivity index (χ3n) is 4.43. The molecule has 4 heterocycles. The van der Waals surface area contributed by atoms with Crippen molar-refractivity contribution in [3.05, 3.63) is 41.0 Å². The molecule has 1 N–H and O–H groups in total. The topological polar surface area (TPSA) is 73.1 Å². The van der Waals surface area contributed by atoms with Gasteiger partial charge in [0.2, 0.25) is 5.89 Å². The van der Waals surface area contributed by atoms with E-state index in [4.69, 9.17) is 9.26 Å². The lowest BCUT2D eigenvalue weighted by Gasteiger charge is -2.28. The Balaban J connectivity index is 1.52. The largest absolute Gasteiger partial charge is 0.381 e. The highest BCUT2D eigenvalue weighted by Gasteiger charge is 2.29. The van der Waals surface area contributed by atoms with Crippen LogP contribution >= 0.6 is 11.3 Å². The summed E-state index contributed by atoms with van der Waals surface area (Å²) in [5.74, 6) is 1.78. The highest BCUT2D eigenvalue weighted by Crippen LogP contribution is 2.30. The molecule has 0 unspecified atom stereocenters. The number of rotatable bonds is 5. The smallest absolute Gasteiger partial charge is 0.244 e. The zero-order valence-corrected chi connectivity index (χ0v) is 14.4. The van der Waals surface area contributed by atoms with Gasteiger partial charge in [0.25, 0.3) is 0 Å². The van der Waals surface area contributed by atoms with Gasteiger partial charge >= 0.3 is 0 Å². The molecule has 3 aromatic heterocycles. The molecular weight excluding hydrogens is 324 g/mol. The summed E-state index contributed by atoms with van der Waals surface area (Å²) in [6, 6.07) is 4.29. The second-order valence-electron chi connectivity index (χ2n) is 6.14. The van der Waals surface area contributed by atoms with E-state index in [0.717, 1.165) is 38.1 Å². The van der Waals surface area contributed by atoms with E-state index in [9.17, 15) is 0 Å². The number of aryl methyl sites for hydroxylation is 1. The van der Waals surface area contributed by atoms with Crippen molar-refractivity contribution < 1.29 is 9.26 Å². The fourth-order valence-electron chi connectivity index (χ4n) is 3.16. The van der Waals surface area contributed by atoms with Crippen molar-refractivity contribution in [1.29, 1.82) is 0 Å². The quantitative estimate of drug-likeness (QED) is 0.766. The Bertz CT molecular complexity index is 810. The Morgan fingerprint density at radius 3 is 3.04 bits per heavy atom. The molecular formula is C17H20N4O2S. The molecule has 4 rings (SSSR count). The van der Waals surface area contributed by atoms with Crippen molar-refractivity contribution in [1.82, 2.24) is 20.4 Å². The van der Waals surface area contributed by atoms with Gasteiger partial charge in [0.05, 0.1) is 16.3 Å². The number of fused-ring (bicyclic) bond motifs is 1. The maximum absolute atomic E-state index is 5.49. The minimum Gasteiger partial charge on any atom is -0.381 e. The molecule has 0 aromatic carbocycles. The highest BCUT2D eigenvalue weighted by molar-refractivity contribution is 7.17. The molecule has 24 heavy (non-hydrogen) atoms. The highest BCUT2D eigenvalue weighted by atomic mass is 32.1. The van der Waals surface area contributed by atoms with Crippen LogP contribution in [0.3, 0.4) is 0 Å². The number of ether oxygens (including phenoxy) is 1. The van der Waals surface area contributed by atoms with E-state index in [-0.39, 0.29) is 6.04 Å². The van der Waals surface area contributed by atoms with Gasteiger partial charge in [0.1, 0.15) is 0 Å². The summed E-state index contributed by atoms with van der Waals surface area (Å²) < 4.78 is 12.2. The lowest BCUT2D eigenvalue weighted by molar-refractivity contribution is 0.0485. The van der Waals surface area contributed by atoms with E-state index in [2.05, 4.69) is 31.9 Å². The van der Waals surface area contributed by atoms with Crippen LogP contribution in [0.5, 0.6) is 0 Å². The van der Waals surface area contributed by atoms with Crippen LogP contribution in [0.4, 0.5) is 0 Å². The fourth-order valence-corrected chi connectivity index (χ4v) is 3.96. The number of aromatic nitrogens is 3. The molecule has 1 aliphatic heterocycles. The van der Waals surface area contributed by atoms with Crippen LogP contribution in [-0.2, 0) is 11.3 Å². The molecule has 3 aromatic rings. The second-order valence-corrected chi connectivity index (χ2v) is 7.08. The lowest BCUT2D eigenvalue weighted by atomic mass is 9.91. The van der Waals surface area contributed by atoms with Crippen LogP contribution < -0.4 is 5.32 Å². The van der Waals surface area contributed by atoms with E-state index in [1.165, 1.54) is 10.3 Å². The van der Waals surface area contributed by atoms with Crippen molar-refractivity contribution in [3.8, 4) is 0 Å². The number of thiophene rings is 1. The molecule has 1 aliphatic rings. The van der Waals surface area contributed by atoms with E-state index >= 15 is 0 Å². The van der Waals surface area contributed by atoms with Crippen molar-refractivity contribution >= 4 is 21.6 Å². The minimum atomic E-state index is 0.0501. The fraction of sp³-hybridized carbons (Fsp3) is 0.471. The summed E-state index contributed by atoms with van der Waals surface area (Å²) >= 11 is 1.72.